The Hall–Kier alpha value is -1.95. The van der Waals surface area contributed by atoms with Gasteiger partial charge in [-0.2, -0.15) is 0 Å². The minimum Gasteiger partial charge on any atom is -0.371 e. The minimum atomic E-state index is 0.111. The lowest BCUT2D eigenvalue weighted by molar-refractivity contribution is 0.345. The Kier molecular flexibility index (Phi) is 3.55. The normalized spacial score (nSPS) is 18.9. The van der Waals surface area contributed by atoms with E-state index in [1.807, 2.05) is 10.8 Å². The van der Waals surface area contributed by atoms with Gasteiger partial charge >= 0.3 is 0 Å². The molecule has 3 aromatic heterocycles. The summed E-state index contributed by atoms with van der Waals surface area (Å²) in [7, 11) is 2.14. The van der Waals surface area contributed by atoms with Crippen LogP contribution in [0.4, 0.5) is 5.69 Å². The molecule has 0 atom stereocenters. The third-order valence-electron chi connectivity index (χ3n) is 5.73. The molecule has 2 fully saturated rings. The summed E-state index contributed by atoms with van der Waals surface area (Å²) in [6, 6.07) is 2.98. The van der Waals surface area contributed by atoms with E-state index in [9.17, 15) is 4.79 Å². The van der Waals surface area contributed by atoms with Crippen molar-refractivity contribution in [3.63, 3.8) is 0 Å². The van der Waals surface area contributed by atoms with Crippen molar-refractivity contribution in [3.8, 4) is 0 Å². The molecule has 130 valence electrons. The smallest absolute Gasteiger partial charge is 0.271 e. The number of aromatic nitrogens is 3. The maximum Gasteiger partial charge on any atom is 0.271 e. The molecule has 5 rings (SSSR count). The summed E-state index contributed by atoms with van der Waals surface area (Å²) < 4.78 is 2.63. The molecule has 0 aromatic carbocycles. The highest BCUT2D eigenvalue weighted by Gasteiger charge is 2.29. The Morgan fingerprint density at radius 2 is 1.96 bits per heavy atom. The van der Waals surface area contributed by atoms with Gasteiger partial charge in [0, 0.05) is 25.3 Å². The third-order valence-corrected chi connectivity index (χ3v) is 6.80. The van der Waals surface area contributed by atoms with E-state index in [4.69, 9.17) is 4.98 Å². The lowest BCUT2D eigenvalue weighted by Gasteiger charge is -2.23. The van der Waals surface area contributed by atoms with Gasteiger partial charge in [-0.1, -0.05) is 19.3 Å². The van der Waals surface area contributed by atoms with E-state index >= 15 is 0 Å². The highest BCUT2D eigenvalue weighted by Crippen LogP contribution is 2.39. The number of hydrogen-bond acceptors (Lipinski definition) is 5. The zero-order valence-corrected chi connectivity index (χ0v) is 15.3. The van der Waals surface area contributed by atoms with E-state index in [1.54, 1.807) is 6.33 Å². The SMILES string of the molecule is CN(c1ccnc2sc3c(=O)n(C4CCCCC4)cnc3c12)C1CC1. The van der Waals surface area contributed by atoms with E-state index in [1.165, 1.54) is 43.4 Å². The summed E-state index contributed by atoms with van der Waals surface area (Å²) in [5.74, 6) is 0. The van der Waals surface area contributed by atoms with Gasteiger partial charge in [0.15, 0.2) is 0 Å². The molecule has 0 bridgehead atoms. The van der Waals surface area contributed by atoms with Crippen LogP contribution in [0.25, 0.3) is 20.4 Å². The average molecular weight is 354 g/mol. The zero-order chi connectivity index (χ0) is 17.0. The fraction of sp³-hybridized carbons (Fsp3) is 0.526. The highest BCUT2D eigenvalue weighted by atomic mass is 32.1. The van der Waals surface area contributed by atoms with Crippen LogP contribution in [0, 0.1) is 0 Å². The lowest BCUT2D eigenvalue weighted by Crippen LogP contribution is -2.26. The van der Waals surface area contributed by atoms with Crippen LogP contribution in [0.15, 0.2) is 23.4 Å². The van der Waals surface area contributed by atoms with Crippen molar-refractivity contribution in [3.05, 3.63) is 28.9 Å². The summed E-state index contributed by atoms with van der Waals surface area (Å²) in [5.41, 5.74) is 2.09. The molecular formula is C19H22N4OS. The van der Waals surface area contributed by atoms with E-state index in [-0.39, 0.29) is 5.56 Å². The standard InChI is InChI=1S/C19H22N4OS/c1-22(12-7-8-12)14-9-10-20-18-15(14)16-17(25-18)19(24)23(11-21-16)13-5-3-2-4-6-13/h9-13H,2-8H2,1H3. The monoisotopic (exact) mass is 354 g/mol. The quantitative estimate of drug-likeness (QED) is 0.710. The maximum atomic E-state index is 13.1. The van der Waals surface area contributed by atoms with Crippen molar-refractivity contribution < 1.29 is 0 Å². The number of pyridine rings is 1. The third kappa shape index (κ3) is 2.46. The maximum absolute atomic E-state index is 13.1. The first-order chi connectivity index (χ1) is 12.2. The molecule has 6 heteroatoms. The van der Waals surface area contributed by atoms with Crippen LogP contribution in [0.3, 0.4) is 0 Å². The molecule has 5 nitrogen and oxygen atoms in total. The molecule has 2 aliphatic carbocycles. The number of rotatable bonds is 3. The Morgan fingerprint density at radius 3 is 2.72 bits per heavy atom. The highest BCUT2D eigenvalue weighted by molar-refractivity contribution is 7.25. The van der Waals surface area contributed by atoms with Crippen molar-refractivity contribution in [1.82, 2.24) is 14.5 Å². The fourth-order valence-corrected chi connectivity index (χ4v) is 5.18. The fourth-order valence-electron chi connectivity index (χ4n) is 4.12. The number of anilines is 1. The first-order valence-corrected chi connectivity index (χ1v) is 10.1. The van der Waals surface area contributed by atoms with Crippen LogP contribution in [0.5, 0.6) is 0 Å². The summed E-state index contributed by atoms with van der Waals surface area (Å²) in [5, 5.41) is 1.05. The van der Waals surface area contributed by atoms with Crippen molar-refractivity contribution in [1.29, 1.82) is 0 Å². The minimum absolute atomic E-state index is 0.111. The van der Waals surface area contributed by atoms with Gasteiger partial charge in [-0.15, -0.1) is 11.3 Å². The molecule has 3 aromatic rings. The van der Waals surface area contributed by atoms with Crippen molar-refractivity contribution in [2.75, 3.05) is 11.9 Å². The molecular weight excluding hydrogens is 332 g/mol. The molecule has 0 radical (unpaired) electrons. The van der Waals surface area contributed by atoms with Gasteiger partial charge in [0.25, 0.3) is 5.56 Å². The predicted molar refractivity (Wildman–Crippen MR) is 103 cm³/mol. The van der Waals surface area contributed by atoms with Gasteiger partial charge in [0.1, 0.15) is 9.53 Å². The molecule has 2 aliphatic rings. The molecule has 0 N–H and O–H groups in total. The van der Waals surface area contributed by atoms with Crippen molar-refractivity contribution in [2.45, 2.75) is 57.0 Å². The molecule has 0 spiro atoms. The van der Waals surface area contributed by atoms with Gasteiger partial charge in [-0.05, 0) is 31.7 Å². The Labute approximate surface area is 150 Å². The van der Waals surface area contributed by atoms with Gasteiger partial charge in [-0.3, -0.25) is 9.36 Å². The second kappa shape index (κ2) is 5.80. The molecule has 2 saturated carbocycles. The molecule has 3 heterocycles. The molecule has 0 saturated heterocycles. The topological polar surface area (TPSA) is 51.0 Å². The van der Waals surface area contributed by atoms with Crippen LogP contribution in [0.1, 0.15) is 51.0 Å². The van der Waals surface area contributed by atoms with Gasteiger partial charge in [0.05, 0.1) is 22.9 Å². The van der Waals surface area contributed by atoms with E-state index in [0.29, 0.717) is 12.1 Å². The van der Waals surface area contributed by atoms with Crippen LogP contribution < -0.4 is 10.5 Å². The predicted octanol–water partition coefficient (Wildman–Crippen LogP) is 4.11. The zero-order valence-electron chi connectivity index (χ0n) is 14.4. The Bertz CT molecular complexity index is 998. The second-order valence-corrected chi connectivity index (χ2v) is 8.38. The van der Waals surface area contributed by atoms with Gasteiger partial charge in [0.2, 0.25) is 0 Å². The molecule has 25 heavy (non-hydrogen) atoms. The van der Waals surface area contributed by atoms with E-state index < -0.39 is 0 Å². The first kappa shape index (κ1) is 15.3. The lowest BCUT2D eigenvalue weighted by atomic mass is 9.95. The number of thiophene rings is 1. The average Bonchev–Trinajstić information content (AvgIpc) is 3.42. The van der Waals surface area contributed by atoms with E-state index in [0.717, 1.165) is 39.0 Å². The summed E-state index contributed by atoms with van der Waals surface area (Å²) in [6.45, 7) is 0. The van der Waals surface area contributed by atoms with Crippen LogP contribution in [-0.2, 0) is 0 Å². The largest absolute Gasteiger partial charge is 0.371 e. The van der Waals surface area contributed by atoms with E-state index in [2.05, 4.69) is 23.0 Å². The second-order valence-electron chi connectivity index (χ2n) is 7.38. The van der Waals surface area contributed by atoms with Crippen LogP contribution in [0.2, 0.25) is 0 Å². The van der Waals surface area contributed by atoms with Crippen molar-refractivity contribution in [2.24, 2.45) is 0 Å². The number of hydrogen-bond donors (Lipinski definition) is 0. The van der Waals surface area contributed by atoms with Gasteiger partial charge < -0.3 is 4.90 Å². The van der Waals surface area contributed by atoms with Crippen LogP contribution in [-0.4, -0.2) is 27.6 Å². The van der Waals surface area contributed by atoms with Crippen LogP contribution >= 0.6 is 11.3 Å². The number of nitrogens with zero attached hydrogens (tertiary/aromatic N) is 4. The molecule has 0 amide bonds. The molecule has 0 aliphatic heterocycles. The number of fused-ring (bicyclic) bond motifs is 3. The first-order valence-electron chi connectivity index (χ1n) is 9.25. The molecule has 0 unspecified atom stereocenters. The summed E-state index contributed by atoms with van der Waals surface area (Å²) in [4.78, 5) is 25.6. The summed E-state index contributed by atoms with van der Waals surface area (Å²) >= 11 is 1.50. The Balaban J connectivity index is 1.70. The van der Waals surface area contributed by atoms with Crippen molar-refractivity contribution >= 4 is 37.5 Å². The Morgan fingerprint density at radius 1 is 1.16 bits per heavy atom. The van der Waals surface area contributed by atoms with Gasteiger partial charge in [-0.25, -0.2) is 9.97 Å². The summed E-state index contributed by atoms with van der Waals surface area (Å²) in [6.07, 6.45) is 12.0.